The van der Waals surface area contributed by atoms with Gasteiger partial charge in [-0.2, -0.15) is 10.2 Å². The van der Waals surface area contributed by atoms with Gasteiger partial charge in [0.2, 0.25) is 0 Å². The molecule has 2 N–H and O–H groups in total. The first-order chi connectivity index (χ1) is 13.2. The van der Waals surface area contributed by atoms with Crippen LogP contribution in [0.1, 0.15) is 21.7 Å². The van der Waals surface area contributed by atoms with Crippen LogP contribution in [-0.2, 0) is 24.3 Å². The van der Waals surface area contributed by atoms with E-state index in [1.165, 1.54) is 10.7 Å². The van der Waals surface area contributed by atoms with Crippen LogP contribution >= 0.6 is 0 Å². The molecule has 0 aliphatic carbocycles. The molecule has 3 heterocycles. The number of ether oxygens (including phenoxy) is 1. The molecule has 0 atom stereocenters. The summed E-state index contributed by atoms with van der Waals surface area (Å²) in [4.78, 5) is 24.4. The van der Waals surface area contributed by atoms with Crippen molar-refractivity contribution in [3.05, 3.63) is 69.8 Å². The van der Waals surface area contributed by atoms with Crippen LogP contribution in [0.5, 0.6) is 0 Å². The Bertz CT molecular complexity index is 1010. The fourth-order valence-corrected chi connectivity index (χ4v) is 3.03. The molecule has 0 saturated heterocycles. The number of carbonyl (C=O) groups excluding carboxylic acids is 1. The van der Waals surface area contributed by atoms with Crippen molar-refractivity contribution in [3.63, 3.8) is 0 Å². The lowest BCUT2D eigenvalue weighted by molar-refractivity contribution is 0.0923. The van der Waals surface area contributed by atoms with E-state index >= 15 is 0 Å². The molecule has 1 aliphatic heterocycles. The summed E-state index contributed by atoms with van der Waals surface area (Å²) in [5.74, 6) is -0.287. The molecular weight excluding hydrogens is 346 g/mol. The highest BCUT2D eigenvalue weighted by atomic mass is 16.5. The number of amides is 1. The Kier molecular flexibility index (Phi) is 4.80. The van der Waals surface area contributed by atoms with Gasteiger partial charge in [-0.25, -0.2) is 4.68 Å². The predicted molar refractivity (Wildman–Crippen MR) is 98.2 cm³/mol. The lowest BCUT2D eigenvalue weighted by Crippen LogP contribution is -2.32. The number of aromatic amines is 1. The van der Waals surface area contributed by atoms with E-state index in [4.69, 9.17) is 4.74 Å². The maximum atomic E-state index is 12.4. The number of nitrogens with zero attached hydrogens (tertiary/aromatic N) is 3. The summed E-state index contributed by atoms with van der Waals surface area (Å²) >= 11 is 0. The summed E-state index contributed by atoms with van der Waals surface area (Å²) in [5, 5.41) is 14.2. The van der Waals surface area contributed by atoms with Crippen molar-refractivity contribution >= 4 is 5.91 Å². The minimum Gasteiger partial charge on any atom is -0.376 e. The van der Waals surface area contributed by atoms with E-state index in [0.29, 0.717) is 24.6 Å². The van der Waals surface area contributed by atoms with Gasteiger partial charge in [-0.15, -0.1) is 0 Å². The Hall–Kier alpha value is -3.26. The van der Waals surface area contributed by atoms with Crippen LogP contribution in [0.2, 0.25) is 0 Å². The van der Waals surface area contributed by atoms with E-state index in [1.807, 2.05) is 30.3 Å². The Morgan fingerprint density at radius 2 is 2.07 bits per heavy atom. The molecule has 0 spiro atoms. The number of benzene rings is 1. The molecule has 3 aromatic rings. The standard InChI is InChI=1S/C19H19N5O3/c25-17-7-6-15(13-4-2-1-3-5-13)23-24(17)10-9-20-19(26)18-14-12-27-11-8-16(14)21-22-18/h1-7H,8-12H2,(H,20,26)(H,21,22). The second-order valence-electron chi connectivity index (χ2n) is 6.23. The lowest BCUT2D eigenvalue weighted by Gasteiger charge is -2.12. The second-order valence-corrected chi connectivity index (χ2v) is 6.23. The summed E-state index contributed by atoms with van der Waals surface area (Å²) in [6, 6.07) is 12.8. The van der Waals surface area contributed by atoms with E-state index in [0.717, 1.165) is 23.2 Å². The quantitative estimate of drug-likeness (QED) is 0.706. The van der Waals surface area contributed by atoms with Crippen LogP contribution in [0.4, 0.5) is 0 Å². The Morgan fingerprint density at radius 3 is 2.93 bits per heavy atom. The molecule has 138 valence electrons. The number of nitrogens with one attached hydrogen (secondary N) is 2. The highest BCUT2D eigenvalue weighted by molar-refractivity contribution is 5.93. The van der Waals surface area contributed by atoms with Gasteiger partial charge in [-0.1, -0.05) is 30.3 Å². The molecule has 0 fully saturated rings. The summed E-state index contributed by atoms with van der Waals surface area (Å²) in [6.07, 6.45) is 0.723. The smallest absolute Gasteiger partial charge is 0.272 e. The highest BCUT2D eigenvalue weighted by Crippen LogP contribution is 2.18. The Labute approximate surface area is 155 Å². The molecule has 2 aromatic heterocycles. The van der Waals surface area contributed by atoms with Crippen molar-refractivity contribution < 1.29 is 9.53 Å². The maximum Gasteiger partial charge on any atom is 0.272 e. The van der Waals surface area contributed by atoms with Crippen LogP contribution < -0.4 is 10.9 Å². The number of fused-ring (bicyclic) bond motifs is 1. The van der Waals surface area contributed by atoms with E-state index in [2.05, 4.69) is 20.6 Å². The van der Waals surface area contributed by atoms with Crippen LogP contribution in [-0.4, -0.2) is 39.0 Å². The predicted octanol–water partition coefficient (Wildman–Crippen LogP) is 1.14. The number of rotatable bonds is 5. The number of H-pyrrole nitrogens is 1. The third-order valence-electron chi connectivity index (χ3n) is 4.46. The molecule has 8 nitrogen and oxygen atoms in total. The monoisotopic (exact) mass is 365 g/mol. The summed E-state index contributed by atoms with van der Waals surface area (Å²) in [7, 11) is 0. The average Bonchev–Trinajstić information content (AvgIpc) is 3.14. The van der Waals surface area contributed by atoms with Crippen molar-refractivity contribution in [3.8, 4) is 11.3 Å². The largest absolute Gasteiger partial charge is 0.376 e. The van der Waals surface area contributed by atoms with Gasteiger partial charge in [0.05, 0.1) is 25.5 Å². The van der Waals surface area contributed by atoms with Crippen molar-refractivity contribution in [1.29, 1.82) is 0 Å². The second kappa shape index (κ2) is 7.55. The molecule has 0 unspecified atom stereocenters. The zero-order valence-electron chi connectivity index (χ0n) is 14.6. The topological polar surface area (TPSA) is 102 Å². The van der Waals surface area contributed by atoms with E-state index < -0.39 is 0 Å². The number of hydrogen-bond donors (Lipinski definition) is 2. The minimum absolute atomic E-state index is 0.213. The highest BCUT2D eigenvalue weighted by Gasteiger charge is 2.21. The minimum atomic E-state index is -0.287. The summed E-state index contributed by atoms with van der Waals surface area (Å²) in [6.45, 7) is 1.55. The number of aromatic nitrogens is 4. The average molecular weight is 365 g/mol. The van der Waals surface area contributed by atoms with Gasteiger partial charge < -0.3 is 10.1 Å². The van der Waals surface area contributed by atoms with E-state index in [1.54, 1.807) is 6.07 Å². The lowest BCUT2D eigenvalue weighted by atomic mass is 10.1. The molecule has 1 amide bonds. The molecule has 0 radical (unpaired) electrons. The molecular formula is C19H19N5O3. The number of hydrogen-bond acceptors (Lipinski definition) is 5. The zero-order valence-corrected chi connectivity index (χ0v) is 14.6. The fourth-order valence-electron chi connectivity index (χ4n) is 3.03. The van der Waals surface area contributed by atoms with Gasteiger partial charge in [0.1, 0.15) is 0 Å². The van der Waals surface area contributed by atoms with Crippen molar-refractivity contribution in [2.45, 2.75) is 19.6 Å². The molecule has 1 aromatic carbocycles. The maximum absolute atomic E-state index is 12.4. The van der Waals surface area contributed by atoms with Crippen LogP contribution in [0, 0.1) is 0 Å². The molecule has 1 aliphatic rings. The van der Waals surface area contributed by atoms with Crippen LogP contribution in [0.3, 0.4) is 0 Å². The SMILES string of the molecule is O=C(NCCn1nc(-c2ccccc2)ccc1=O)c1n[nH]c2c1COCC2. The number of carbonyl (C=O) groups is 1. The van der Waals surface area contributed by atoms with Gasteiger partial charge in [0.15, 0.2) is 5.69 Å². The van der Waals surface area contributed by atoms with Gasteiger partial charge in [-0.05, 0) is 6.07 Å². The Balaban J connectivity index is 1.42. The molecule has 0 saturated carbocycles. The first kappa shape index (κ1) is 17.2. The molecule has 8 heteroatoms. The fraction of sp³-hybridized carbons (Fsp3) is 0.263. The zero-order chi connectivity index (χ0) is 18.6. The van der Waals surface area contributed by atoms with Crippen LogP contribution in [0.25, 0.3) is 11.3 Å². The Morgan fingerprint density at radius 1 is 1.22 bits per heavy atom. The van der Waals surface area contributed by atoms with Gasteiger partial charge in [0, 0.05) is 35.9 Å². The normalized spacial score (nSPS) is 13.2. The van der Waals surface area contributed by atoms with Gasteiger partial charge >= 0.3 is 0 Å². The molecule has 4 rings (SSSR count). The van der Waals surface area contributed by atoms with Gasteiger partial charge in [-0.3, -0.25) is 14.7 Å². The molecule has 0 bridgehead atoms. The summed E-state index contributed by atoms with van der Waals surface area (Å²) < 4.78 is 6.75. The van der Waals surface area contributed by atoms with Crippen molar-refractivity contribution in [2.24, 2.45) is 0 Å². The van der Waals surface area contributed by atoms with Crippen LogP contribution in [0.15, 0.2) is 47.3 Å². The summed E-state index contributed by atoms with van der Waals surface area (Å²) in [5.41, 5.74) is 3.52. The van der Waals surface area contributed by atoms with Gasteiger partial charge in [0.25, 0.3) is 11.5 Å². The van der Waals surface area contributed by atoms with Crippen molar-refractivity contribution in [1.82, 2.24) is 25.3 Å². The first-order valence-corrected chi connectivity index (χ1v) is 8.78. The third-order valence-corrected chi connectivity index (χ3v) is 4.46. The van der Waals surface area contributed by atoms with E-state index in [-0.39, 0.29) is 24.6 Å². The molecule has 27 heavy (non-hydrogen) atoms. The third kappa shape index (κ3) is 3.65. The first-order valence-electron chi connectivity index (χ1n) is 8.78. The van der Waals surface area contributed by atoms with E-state index in [9.17, 15) is 9.59 Å². The van der Waals surface area contributed by atoms with Crippen molar-refractivity contribution in [2.75, 3.05) is 13.2 Å².